The minimum atomic E-state index is -0.274. The summed E-state index contributed by atoms with van der Waals surface area (Å²) in [6.45, 7) is 1.97. The third kappa shape index (κ3) is 3.55. The summed E-state index contributed by atoms with van der Waals surface area (Å²) in [4.78, 5) is 11.0. The number of rotatable bonds is 4. The number of aryl methyl sites for hydroxylation is 1. The van der Waals surface area contributed by atoms with Crippen molar-refractivity contribution in [3.8, 4) is 0 Å². The third-order valence-corrected chi connectivity index (χ3v) is 5.76. The van der Waals surface area contributed by atoms with Gasteiger partial charge in [-0.05, 0) is 43.3 Å². The molecule has 0 aliphatic heterocycles. The lowest BCUT2D eigenvalue weighted by atomic mass is 10.4. The van der Waals surface area contributed by atoms with E-state index in [0.717, 1.165) is 31.5 Å². The van der Waals surface area contributed by atoms with Crippen molar-refractivity contribution in [1.82, 2.24) is 9.97 Å². The molecule has 0 aliphatic carbocycles. The Morgan fingerprint density at radius 1 is 1.18 bits per heavy atom. The number of hydrogen-bond acceptors (Lipinski definition) is 4. The van der Waals surface area contributed by atoms with Gasteiger partial charge in [-0.15, -0.1) is 21.8 Å². The Bertz CT molecular complexity index is 812. The van der Waals surface area contributed by atoms with Crippen LogP contribution in [0.1, 0.15) is 5.69 Å². The number of halogens is 1. The van der Waals surface area contributed by atoms with Gasteiger partial charge in [-0.3, -0.25) is 0 Å². The predicted octanol–water partition coefficient (Wildman–Crippen LogP) is 5.36. The van der Waals surface area contributed by atoms with E-state index in [-0.39, 0.29) is 10.5 Å². The lowest BCUT2D eigenvalue weighted by molar-refractivity contribution is 1.22. The average molecular weight is 348 g/mol. The summed E-state index contributed by atoms with van der Waals surface area (Å²) < 4.78 is 0. The SMILES string of the molecule is C=S(c1ccc(Cl)cc1)c1ccnc(Nc2nc(C)cs2)c1. The van der Waals surface area contributed by atoms with E-state index >= 15 is 0 Å². The van der Waals surface area contributed by atoms with Gasteiger partial charge in [0.1, 0.15) is 5.82 Å². The molecule has 0 fully saturated rings. The number of thiazole rings is 1. The number of nitrogens with one attached hydrogen (secondary N) is 1. The molecule has 3 rings (SSSR count). The van der Waals surface area contributed by atoms with Crippen molar-refractivity contribution in [2.45, 2.75) is 16.7 Å². The van der Waals surface area contributed by atoms with Crippen LogP contribution in [-0.4, -0.2) is 15.8 Å². The highest BCUT2D eigenvalue weighted by molar-refractivity contribution is 8.14. The van der Waals surface area contributed by atoms with Crippen molar-refractivity contribution in [3.63, 3.8) is 0 Å². The topological polar surface area (TPSA) is 37.8 Å². The average Bonchev–Trinajstić information content (AvgIpc) is 2.93. The van der Waals surface area contributed by atoms with E-state index < -0.39 is 0 Å². The zero-order valence-corrected chi connectivity index (χ0v) is 14.3. The minimum absolute atomic E-state index is 0.274. The summed E-state index contributed by atoms with van der Waals surface area (Å²) in [6, 6.07) is 11.8. The molecule has 0 radical (unpaired) electrons. The second-order valence-corrected chi connectivity index (χ2v) is 7.66. The maximum absolute atomic E-state index is 5.94. The lowest BCUT2D eigenvalue weighted by Crippen LogP contribution is -1.93. The van der Waals surface area contributed by atoms with Crippen LogP contribution in [0, 0.1) is 6.92 Å². The minimum Gasteiger partial charge on any atom is -0.316 e. The number of pyridine rings is 1. The number of anilines is 2. The van der Waals surface area contributed by atoms with E-state index in [0.29, 0.717) is 0 Å². The lowest BCUT2D eigenvalue weighted by Gasteiger charge is -2.10. The maximum atomic E-state index is 5.94. The first kappa shape index (κ1) is 15.2. The van der Waals surface area contributed by atoms with Crippen LogP contribution in [0.3, 0.4) is 0 Å². The quantitative estimate of drug-likeness (QED) is 0.645. The van der Waals surface area contributed by atoms with Crippen molar-refractivity contribution in [3.05, 3.63) is 58.7 Å². The first-order valence-corrected chi connectivity index (χ1v) is 9.22. The molecular weight excluding hydrogens is 334 g/mol. The molecule has 1 unspecified atom stereocenters. The molecule has 6 heteroatoms. The van der Waals surface area contributed by atoms with Gasteiger partial charge in [-0.2, -0.15) is 0 Å². The van der Waals surface area contributed by atoms with Gasteiger partial charge in [0, 0.05) is 26.4 Å². The van der Waals surface area contributed by atoms with Crippen LogP contribution in [0.4, 0.5) is 10.9 Å². The van der Waals surface area contributed by atoms with Crippen LogP contribution in [0.2, 0.25) is 5.02 Å². The molecule has 2 heterocycles. The molecule has 0 amide bonds. The van der Waals surface area contributed by atoms with E-state index in [1.807, 2.05) is 48.7 Å². The van der Waals surface area contributed by atoms with E-state index in [1.54, 1.807) is 17.5 Å². The molecule has 0 saturated carbocycles. The fourth-order valence-corrected chi connectivity index (χ4v) is 3.93. The highest BCUT2D eigenvalue weighted by Crippen LogP contribution is 2.35. The fraction of sp³-hybridized carbons (Fsp3) is 0.0625. The Balaban J connectivity index is 1.84. The normalized spacial score (nSPS) is 12.1. The van der Waals surface area contributed by atoms with Crippen molar-refractivity contribution in [1.29, 1.82) is 0 Å². The highest BCUT2D eigenvalue weighted by Gasteiger charge is 2.05. The number of aromatic nitrogens is 2. The monoisotopic (exact) mass is 347 g/mol. The van der Waals surface area contributed by atoms with E-state index in [2.05, 4.69) is 21.2 Å². The molecule has 0 spiro atoms. The number of hydrogen-bond donors (Lipinski definition) is 1. The van der Waals surface area contributed by atoms with Gasteiger partial charge in [0.25, 0.3) is 0 Å². The highest BCUT2D eigenvalue weighted by atomic mass is 35.5. The summed E-state index contributed by atoms with van der Waals surface area (Å²) in [5.41, 5.74) is 1.00. The van der Waals surface area contributed by atoms with E-state index in [9.17, 15) is 0 Å². The smallest absolute Gasteiger partial charge is 0.188 e. The first-order valence-electron chi connectivity index (χ1n) is 6.56. The van der Waals surface area contributed by atoms with Crippen molar-refractivity contribution in [2.75, 3.05) is 5.32 Å². The maximum Gasteiger partial charge on any atom is 0.188 e. The molecule has 0 saturated heterocycles. The second kappa shape index (κ2) is 6.60. The molecular formula is C16H14ClN3S2. The third-order valence-electron chi connectivity index (χ3n) is 2.97. The second-order valence-electron chi connectivity index (χ2n) is 4.64. The molecule has 0 bridgehead atoms. The fourth-order valence-electron chi connectivity index (χ4n) is 1.89. The largest absolute Gasteiger partial charge is 0.316 e. The van der Waals surface area contributed by atoms with Crippen LogP contribution < -0.4 is 5.32 Å². The molecule has 1 aromatic carbocycles. The summed E-state index contributed by atoms with van der Waals surface area (Å²) in [7, 11) is -0.274. The van der Waals surface area contributed by atoms with Gasteiger partial charge in [0.15, 0.2) is 5.13 Å². The Hall–Kier alpha value is -1.69. The number of nitrogens with zero attached hydrogens (tertiary/aromatic N) is 2. The molecule has 0 aliphatic rings. The summed E-state index contributed by atoms with van der Waals surface area (Å²) in [5.74, 6) is 5.06. The zero-order chi connectivity index (χ0) is 15.5. The first-order chi connectivity index (χ1) is 10.6. The van der Waals surface area contributed by atoms with Gasteiger partial charge >= 0.3 is 0 Å². The molecule has 22 heavy (non-hydrogen) atoms. The van der Waals surface area contributed by atoms with Crippen molar-refractivity contribution >= 4 is 50.2 Å². The Kier molecular flexibility index (Phi) is 4.57. The van der Waals surface area contributed by atoms with Crippen molar-refractivity contribution < 1.29 is 0 Å². The summed E-state index contributed by atoms with van der Waals surface area (Å²) >= 11 is 7.50. The van der Waals surface area contributed by atoms with Gasteiger partial charge in [-0.25, -0.2) is 9.97 Å². The Morgan fingerprint density at radius 2 is 1.95 bits per heavy atom. The van der Waals surface area contributed by atoms with Crippen molar-refractivity contribution in [2.24, 2.45) is 0 Å². The molecule has 3 nitrogen and oxygen atoms in total. The molecule has 2 aromatic heterocycles. The van der Waals surface area contributed by atoms with Crippen LogP contribution in [0.15, 0.2) is 57.8 Å². The van der Waals surface area contributed by atoms with Crippen LogP contribution in [0.25, 0.3) is 0 Å². The van der Waals surface area contributed by atoms with E-state index in [4.69, 9.17) is 11.6 Å². The Morgan fingerprint density at radius 3 is 2.64 bits per heavy atom. The molecule has 1 atom stereocenters. The van der Waals surface area contributed by atoms with Gasteiger partial charge in [0.2, 0.25) is 0 Å². The zero-order valence-electron chi connectivity index (χ0n) is 11.9. The number of benzene rings is 1. The summed E-state index contributed by atoms with van der Waals surface area (Å²) in [6.07, 6.45) is 1.79. The predicted molar refractivity (Wildman–Crippen MR) is 97.1 cm³/mol. The summed E-state index contributed by atoms with van der Waals surface area (Å²) in [5, 5.41) is 6.82. The van der Waals surface area contributed by atoms with Crippen LogP contribution in [-0.2, 0) is 0 Å². The van der Waals surface area contributed by atoms with Gasteiger partial charge in [-0.1, -0.05) is 17.5 Å². The van der Waals surface area contributed by atoms with Crippen LogP contribution >= 0.6 is 33.4 Å². The van der Waals surface area contributed by atoms with Gasteiger partial charge < -0.3 is 5.32 Å². The molecule has 112 valence electrons. The van der Waals surface area contributed by atoms with Crippen LogP contribution in [0.5, 0.6) is 0 Å². The van der Waals surface area contributed by atoms with Gasteiger partial charge in [0.05, 0.1) is 5.69 Å². The molecule has 1 N–H and O–H groups in total. The molecule has 3 aromatic rings. The van der Waals surface area contributed by atoms with E-state index in [1.165, 1.54) is 0 Å². The standard InChI is InChI=1S/C16H14ClN3S2/c1-11-10-21-16(19-11)20-15-9-14(7-8-18-15)22(2)13-5-3-12(17)4-6-13/h3-10H,2H2,1H3,(H,18,19,20). The Labute approximate surface area is 141 Å².